The summed E-state index contributed by atoms with van der Waals surface area (Å²) in [7, 11) is 0. The molecular formula is C21H17N5O2S. The first kappa shape index (κ1) is 18.9. The van der Waals surface area contributed by atoms with E-state index in [9.17, 15) is 9.59 Å². The maximum absolute atomic E-state index is 12.7. The van der Waals surface area contributed by atoms with E-state index in [1.807, 2.05) is 18.2 Å². The largest absolute Gasteiger partial charge is 0.321 e. The fourth-order valence-corrected chi connectivity index (χ4v) is 3.36. The zero-order valence-corrected chi connectivity index (χ0v) is 16.0. The molecule has 29 heavy (non-hydrogen) atoms. The second kappa shape index (κ2) is 8.27. The van der Waals surface area contributed by atoms with Crippen LogP contribution in [0.4, 0.5) is 5.69 Å². The number of amides is 1. The number of nitrogens with two attached hydrogens (primary N) is 1. The summed E-state index contributed by atoms with van der Waals surface area (Å²) < 4.78 is 0. The van der Waals surface area contributed by atoms with Crippen molar-refractivity contribution in [1.82, 2.24) is 14.8 Å². The number of carbonyl (C=O) groups is 1. The highest BCUT2D eigenvalue weighted by molar-refractivity contribution is 7.97. The van der Waals surface area contributed by atoms with Crippen LogP contribution in [0.3, 0.4) is 0 Å². The normalized spacial score (nSPS) is 10.8. The second-order valence-electron chi connectivity index (χ2n) is 6.18. The summed E-state index contributed by atoms with van der Waals surface area (Å²) >= 11 is 1.26. The van der Waals surface area contributed by atoms with Crippen molar-refractivity contribution in [1.29, 1.82) is 0 Å². The third-order valence-electron chi connectivity index (χ3n) is 4.34. The van der Waals surface area contributed by atoms with Gasteiger partial charge in [0.05, 0.1) is 16.6 Å². The standard InChI is InChI=1S/C21H17N5O2S/c22-26-29-14-11-9-13(10-12-14)20(27)24-17-7-3-1-5-15(17)19-23-18-8-4-2-6-16(18)21(28)25-19/h1-12,26H,22H2,(H,24,27)(H,23,25,28). The van der Waals surface area contributed by atoms with Gasteiger partial charge < -0.3 is 10.3 Å². The van der Waals surface area contributed by atoms with Crippen LogP contribution in [0.1, 0.15) is 10.4 Å². The number of hydrogen-bond donors (Lipinski definition) is 4. The molecule has 0 unspecified atom stereocenters. The molecule has 4 rings (SSSR count). The van der Waals surface area contributed by atoms with Crippen LogP contribution in [0.2, 0.25) is 0 Å². The number of nitrogens with one attached hydrogen (secondary N) is 3. The van der Waals surface area contributed by atoms with Gasteiger partial charge in [-0.05, 0) is 60.5 Å². The molecule has 0 aliphatic carbocycles. The average Bonchev–Trinajstić information content (AvgIpc) is 2.75. The van der Waals surface area contributed by atoms with E-state index in [-0.39, 0.29) is 11.5 Å². The molecule has 1 aromatic heterocycles. The lowest BCUT2D eigenvalue weighted by atomic mass is 10.1. The highest BCUT2D eigenvalue weighted by Gasteiger charge is 2.13. The number of aromatic amines is 1. The summed E-state index contributed by atoms with van der Waals surface area (Å²) in [4.78, 5) is 35.8. The number of benzene rings is 3. The minimum atomic E-state index is -0.266. The van der Waals surface area contributed by atoms with Crippen molar-refractivity contribution in [3.05, 3.63) is 88.7 Å². The van der Waals surface area contributed by atoms with Gasteiger partial charge in [0.1, 0.15) is 5.82 Å². The Hall–Kier alpha value is -3.46. The molecule has 0 saturated carbocycles. The van der Waals surface area contributed by atoms with Gasteiger partial charge in [0, 0.05) is 16.0 Å². The Labute approximate surface area is 170 Å². The number of hydrogen-bond acceptors (Lipinski definition) is 6. The molecule has 8 heteroatoms. The molecule has 0 aliphatic heterocycles. The Morgan fingerprint density at radius 2 is 1.69 bits per heavy atom. The van der Waals surface area contributed by atoms with Gasteiger partial charge in [-0.25, -0.2) is 4.98 Å². The number of para-hydroxylation sites is 2. The maximum atomic E-state index is 12.7. The average molecular weight is 403 g/mol. The van der Waals surface area contributed by atoms with Crippen LogP contribution in [-0.4, -0.2) is 15.9 Å². The van der Waals surface area contributed by atoms with Gasteiger partial charge in [-0.2, -0.15) is 4.83 Å². The Kier molecular flexibility index (Phi) is 5.39. The molecule has 0 bridgehead atoms. The summed E-state index contributed by atoms with van der Waals surface area (Å²) in [5, 5.41) is 3.41. The highest BCUT2D eigenvalue weighted by atomic mass is 32.2. The molecule has 0 spiro atoms. The van der Waals surface area contributed by atoms with E-state index in [0.717, 1.165) is 4.90 Å². The summed E-state index contributed by atoms with van der Waals surface area (Å²) in [5.74, 6) is 5.41. The first-order valence-corrected chi connectivity index (χ1v) is 9.59. The van der Waals surface area contributed by atoms with Gasteiger partial charge in [-0.3, -0.25) is 15.4 Å². The number of hydrazine groups is 1. The number of carbonyl (C=O) groups excluding carboxylic acids is 1. The molecule has 1 heterocycles. The molecule has 144 valence electrons. The van der Waals surface area contributed by atoms with Crippen LogP contribution in [0, 0.1) is 0 Å². The van der Waals surface area contributed by atoms with E-state index >= 15 is 0 Å². The first-order valence-electron chi connectivity index (χ1n) is 8.78. The van der Waals surface area contributed by atoms with Crippen molar-refractivity contribution in [3.8, 4) is 11.4 Å². The van der Waals surface area contributed by atoms with Gasteiger partial charge >= 0.3 is 0 Å². The minimum Gasteiger partial charge on any atom is -0.321 e. The zero-order valence-electron chi connectivity index (χ0n) is 15.2. The molecule has 0 radical (unpaired) electrons. The number of nitrogens with zero attached hydrogens (tertiary/aromatic N) is 1. The van der Waals surface area contributed by atoms with E-state index < -0.39 is 0 Å². The van der Waals surface area contributed by atoms with E-state index in [1.165, 1.54) is 11.9 Å². The lowest BCUT2D eigenvalue weighted by Gasteiger charge is -2.11. The van der Waals surface area contributed by atoms with Crippen molar-refractivity contribution in [2.24, 2.45) is 5.84 Å². The first-order chi connectivity index (χ1) is 14.2. The number of anilines is 1. The van der Waals surface area contributed by atoms with Crippen LogP contribution >= 0.6 is 11.9 Å². The summed E-state index contributed by atoms with van der Waals surface area (Å²) in [6.07, 6.45) is 0. The van der Waals surface area contributed by atoms with Crippen molar-refractivity contribution in [2.75, 3.05) is 5.32 Å². The maximum Gasteiger partial charge on any atom is 0.259 e. The molecule has 4 aromatic rings. The van der Waals surface area contributed by atoms with E-state index in [2.05, 4.69) is 20.1 Å². The molecule has 0 saturated heterocycles. The van der Waals surface area contributed by atoms with Crippen LogP contribution in [-0.2, 0) is 0 Å². The number of fused-ring (bicyclic) bond motifs is 1. The van der Waals surface area contributed by atoms with Crippen LogP contribution in [0.25, 0.3) is 22.3 Å². The van der Waals surface area contributed by atoms with Crippen LogP contribution in [0.15, 0.2) is 82.5 Å². The highest BCUT2D eigenvalue weighted by Crippen LogP contribution is 2.26. The predicted octanol–water partition coefficient (Wildman–Crippen LogP) is 3.31. The van der Waals surface area contributed by atoms with Gasteiger partial charge in [0.25, 0.3) is 11.5 Å². The van der Waals surface area contributed by atoms with E-state index in [0.29, 0.717) is 33.5 Å². The van der Waals surface area contributed by atoms with E-state index in [1.54, 1.807) is 54.6 Å². The number of aromatic nitrogens is 2. The Balaban J connectivity index is 1.67. The summed E-state index contributed by atoms with van der Waals surface area (Å²) in [6.45, 7) is 0. The SMILES string of the molecule is NNSc1ccc(C(=O)Nc2ccccc2-c2nc3ccccc3c(=O)[nH]2)cc1. The van der Waals surface area contributed by atoms with Gasteiger partial charge in [-0.15, -0.1) is 0 Å². The smallest absolute Gasteiger partial charge is 0.259 e. The topological polar surface area (TPSA) is 113 Å². The van der Waals surface area contributed by atoms with Crippen LogP contribution in [0.5, 0.6) is 0 Å². The lowest BCUT2D eigenvalue weighted by molar-refractivity contribution is 0.102. The third-order valence-corrected chi connectivity index (χ3v) is 4.96. The third kappa shape index (κ3) is 4.04. The molecule has 3 aromatic carbocycles. The number of H-pyrrole nitrogens is 1. The lowest BCUT2D eigenvalue weighted by Crippen LogP contribution is -2.14. The van der Waals surface area contributed by atoms with Crippen molar-refractivity contribution in [3.63, 3.8) is 0 Å². The Morgan fingerprint density at radius 1 is 0.966 bits per heavy atom. The van der Waals surface area contributed by atoms with E-state index in [4.69, 9.17) is 5.84 Å². The zero-order chi connectivity index (χ0) is 20.2. The van der Waals surface area contributed by atoms with Gasteiger partial charge in [0.2, 0.25) is 0 Å². The molecule has 1 amide bonds. The fourth-order valence-electron chi connectivity index (χ4n) is 2.95. The quantitative estimate of drug-likeness (QED) is 0.231. The Morgan fingerprint density at radius 3 is 2.48 bits per heavy atom. The number of rotatable bonds is 5. The summed E-state index contributed by atoms with van der Waals surface area (Å²) in [6, 6.07) is 21.4. The summed E-state index contributed by atoms with van der Waals surface area (Å²) in [5.41, 5.74) is 2.05. The fraction of sp³-hybridized carbons (Fsp3) is 0. The molecule has 0 atom stereocenters. The van der Waals surface area contributed by atoms with Crippen LogP contribution < -0.4 is 21.5 Å². The monoisotopic (exact) mass is 403 g/mol. The van der Waals surface area contributed by atoms with Crippen molar-refractivity contribution in [2.45, 2.75) is 4.90 Å². The molecule has 7 nitrogen and oxygen atoms in total. The molecule has 0 fully saturated rings. The second-order valence-corrected chi connectivity index (χ2v) is 7.09. The molecule has 0 aliphatic rings. The van der Waals surface area contributed by atoms with Gasteiger partial charge in [-0.1, -0.05) is 24.3 Å². The Bertz CT molecular complexity index is 1240. The minimum absolute atomic E-state index is 0.228. The van der Waals surface area contributed by atoms with Gasteiger partial charge in [0.15, 0.2) is 0 Å². The van der Waals surface area contributed by atoms with Crippen molar-refractivity contribution >= 4 is 34.4 Å². The predicted molar refractivity (Wildman–Crippen MR) is 115 cm³/mol. The molecular weight excluding hydrogens is 386 g/mol. The molecule has 5 N–H and O–H groups in total. The van der Waals surface area contributed by atoms with Crippen molar-refractivity contribution < 1.29 is 4.79 Å².